The first kappa shape index (κ1) is 37.6. The van der Waals surface area contributed by atoms with Gasteiger partial charge in [0.2, 0.25) is 0 Å². The maximum absolute atomic E-state index is 6.87. The first-order valence-electron chi connectivity index (χ1n) is 15.5. The Balaban J connectivity index is 1.46. The third kappa shape index (κ3) is 5.81. The van der Waals surface area contributed by atoms with Crippen molar-refractivity contribution in [2.24, 2.45) is 0 Å². The molecule has 4 heterocycles. The second kappa shape index (κ2) is 13.9. The molecule has 4 aromatic rings. The van der Waals surface area contributed by atoms with Gasteiger partial charge in [-0.05, 0) is 133 Å². The second-order valence-corrected chi connectivity index (χ2v) is 22.2. The Hall–Kier alpha value is 0.0800. The van der Waals surface area contributed by atoms with Gasteiger partial charge in [0.25, 0.3) is 0 Å². The van der Waals surface area contributed by atoms with E-state index in [1.807, 2.05) is 0 Å². The maximum Gasteiger partial charge on any atom is 0.401 e. The van der Waals surface area contributed by atoms with Crippen molar-refractivity contribution in [2.45, 2.75) is 51.4 Å². The topological polar surface area (TPSA) is 73.8 Å². The lowest BCUT2D eigenvalue weighted by molar-refractivity contribution is 0.452. The molecule has 0 unspecified atom stereocenters. The van der Waals surface area contributed by atoms with Crippen LogP contribution in [0.25, 0.3) is 0 Å². The van der Waals surface area contributed by atoms with Crippen LogP contribution in [0.15, 0.2) is 42.2 Å². The second-order valence-electron chi connectivity index (χ2n) is 12.6. The Kier molecular flexibility index (Phi) is 10.0. The first-order valence-corrected chi connectivity index (χ1v) is 27.0. The van der Waals surface area contributed by atoms with Gasteiger partial charge in [-0.1, -0.05) is 27.7 Å². The zero-order valence-corrected chi connectivity index (χ0v) is 39.6. The maximum atomic E-state index is 6.87. The Labute approximate surface area is 356 Å². The summed E-state index contributed by atoms with van der Waals surface area (Å²) in [5, 5.41) is 0. The third-order valence-electron chi connectivity index (χ3n) is 9.97. The summed E-state index contributed by atoms with van der Waals surface area (Å²) in [5.41, 5.74) is 6.92. The zero-order chi connectivity index (χ0) is 36.7. The van der Waals surface area contributed by atoms with E-state index in [1.165, 1.54) is 0 Å². The monoisotopic (exact) mass is 1110 g/mol. The molecular formula is C32H20Br4Cl4O8P4. The van der Waals surface area contributed by atoms with Crippen LogP contribution in [0.4, 0.5) is 0 Å². The van der Waals surface area contributed by atoms with Gasteiger partial charge in [0.15, 0.2) is 0 Å². The van der Waals surface area contributed by atoms with Gasteiger partial charge >= 0.3 is 30.9 Å². The highest BCUT2D eigenvalue weighted by Gasteiger charge is 2.42. The van der Waals surface area contributed by atoms with Crippen molar-refractivity contribution < 1.29 is 36.2 Å². The lowest BCUT2D eigenvalue weighted by Gasteiger charge is -2.35. The highest BCUT2D eigenvalue weighted by molar-refractivity contribution is 9.11. The summed E-state index contributed by atoms with van der Waals surface area (Å²) in [5.74, 6) is 2.79. The summed E-state index contributed by atoms with van der Waals surface area (Å²) in [7, 11) is -8.09. The van der Waals surface area contributed by atoms with Crippen LogP contribution in [0, 0.1) is 0 Å². The van der Waals surface area contributed by atoms with Crippen molar-refractivity contribution in [3.05, 3.63) is 86.7 Å². The summed E-state index contributed by atoms with van der Waals surface area (Å²) in [6.07, 6.45) is 0. The average molecular weight is 1120 g/mol. The standard InChI is InChI=1S/C32H20Br4Cl4O8P4/c1-9-13-5-15-10(2)17-7-19-12(4)20-8-18-11(3)16-6-14(9)26-22(34)28(16)44-51(39)46-30(18)24(36)32(20)48-52(40)47-31(19)23(35)29(17)45-50(38)43-27(15)21(33)25(13)41-49(37)42-26/h5-12H,1-4H3. The van der Waals surface area contributed by atoms with Gasteiger partial charge in [-0.25, -0.2) is 0 Å². The molecule has 52 heavy (non-hydrogen) atoms. The van der Waals surface area contributed by atoms with Gasteiger partial charge in [0, 0.05) is 68.2 Å². The Bertz CT molecular complexity index is 1820. The first-order chi connectivity index (χ1) is 24.7. The summed E-state index contributed by atoms with van der Waals surface area (Å²) in [6, 6.07) is 8.40. The summed E-state index contributed by atoms with van der Waals surface area (Å²) in [4.78, 5) is 0. The molecule has 0 atom stereocenters. The number of benzene rings is 4. The van der Waals surface area contributed by atoms with Gasteiger partial charge in [-0.3, -0.25) is 0 Å². The lowest BCUT2D eigenvalue weighted by atomic mass is 9.80. The van der Waals surface area contributed by atoms with Crippen LogP contribution in [0.3, 0.4) is 0 Å². The van der Waals surface area contributed by atoms with Crippen LogP contribution in [0.1, 0.15) is 95.9 Å². The minimum Gasteiger partial charge on any atom is -0.426 e. The van der Waals surface area contributed by atoms with Crippen molar-refractivity contribution in [2.75, 3.05) is 0 Å². The van der Waals surface area contributed by atoms with Crippen LogP contribution in [-0.4, -0.2) is 0 Å². The molecule has 4 aromatic carbocycles. The average Bonchev–Trinajstić information content (AvgIpc) is 3.08. The molecule has 0 radical (unpaired) electrons. The van der Waals surface area contributed by atoms with Crippen LogP contribution in [-0.2, 0) is 0 Å². The number of hydrogen-bond acceptors (Lipinski definition) is 8. The number of hydrogen-bond donors (Lipinski definition) is 0. The van der Waals surface area contributed by atoms with E-state index in [2.05, 4.69) is 116 Å². The molecule has 1 aliphatic carbocycles. The number of rotatable bonds is 0. The van der Waals surface area contributed by atoms with Gasteiger partial charge in [0.05, 0.1) is 0 Å². The summed E-state index contributed by atoms with van der Waals surface area (Å²) >= 11 is 42.7. The Morgan fingerprint density at radius 2 is 0.481 bits per heavy atom. The van der Waals surface area contributed by atoms with E-state index in [-0.39, 0.29) is 23.7 Å². The molecule has 0 saturated heterocycles. The molecule has 4 aliphatic heterocycles. The van der Waals surface area contributed by atoms with E-state index < -0.39 is 30.9 Å². The molecule has 8 bridgehead atoms. The largest absolute Gasteiger partial charge is 0.426 e. The van der Waals surface area contributed by atoms with Crippen LogP contribution < -0.4 is 36.2 Å². The summed E-state index contributed by atoms with van der Waals surface area (Å²) in [6.45, 7) is 8.40. The SMILES string of the molecule is CC1c2cc3c4c(Br)c2OP(Cl)Oc2c1cc1c(c2Br)OP(Cl)Oc2c(cc5c(c2Br)OP(Cl)Oc2c(cc(c(c2Br)OP(Cl)O4)C3C)C5C)C1C. The van der Waals surface area contributed by atoms with E-state index in [0.29, 0.717) is 63.9 Å². The molecule has 9 rings (SSSR count). The van der Waals surface area contributed by atoms with E-state index in [9.17, 15) is 0 Å². The van der Waals surface area contributed by atoms with Crippen LogP contribution >= 0.6 is 140 Å². The fourth-order valence-corrected chi connectivity index (χ4v) is 15.3. The minimum atomic E-state index is -2.02. The van der Waals surface area contributed by atoms with Crippen molar-refractivity contribution in [1.29, 1.82) is 0 Å². The van der Waals surface area contributed by atoms with Crippen molar-refractivity contribution >= 4 is 140 Å². The molecule has 0 spiro atoms. The van der Waals surface area contributed by atoms with Crippen LogP contribution in [0.5, 0.6) is 46.0 Å². The molecule has 5 aliphatic rings. The molecule has 272 valence electrons. The molecule has 0 aromatic heterocycles. The normalized spacial score (nSPS) is 27.3. The predicted octanol–water partition coefficient (Wildman–Crippen LogP) is 16.6. The van der Waals surface area contributed by atoms with Gasteiger partial charge in [-0.2, -0.15) is 0 Å². The van der Waals surface area contributed by atoms with E-state index >= 15 is 0 Å². The Morgan fingerprint density at radius 3 is 0.615 bits per heavy atom. The molecule has 20 heteroatoms. The predicted molar refractivity (Wildman–Crippen MR) is 223 cm³/mol. The van der Waals surface area contributed by atoms with Crippen molar-refractivity contribution in [3.63, 3.8) is 0 Å². The minimum absolute atomic E-state index is 0.275. The van der Waals surface area contributed by atoms with Gasteiger partial charge in [0.1, 0.15) is 63.9 Å². The smallest absolute Gasteiger partial charge is 0.401 e. The molecule has 0 fully saturated rings. The molecule has 8 nitrogen and oxygen atoms in total. The molecule has 0 amide bonds. The highest BCUT2D eigenvalue weighted by atomic mass is 79.9. The summed E-state index contributed by atoms with van der Waals surface area (Å²) < 4.78 is 53.2. The van der Waals surface area contributed by atoms with E-state index in [4.69, 9.17) is 81.2 Å². The third-order valence-corrected chi connectivity index (χ3v) is 17.1. The van der Waals surface area contributed by atoms with Crippen LogP contribution in [0.2, 0.25) is 0 Å². The van der Waals surface area contributed by atoms with Crippen molar-refractivity contribution in [1.82, 2.24) is 0 Å². The quantitative estimate of drug-likeness (QED) is 0.161. The van der Waals surface area contributed by atoms with Crippen molar-refractivity contribution in [3.8, 4) is 46.0 Å². The van der Waals surface area contributed by atoms with Gasteiger partial charge < -0.3 is 36.2 Å². The molecular weight excluding hydrogens is 1100 g/mol. The fourth-order valence-electron chi connectivity index (χ4n) is 7.25. The Morgan fingerprint density at radius 1 is 0.346 bits per heavy atom. The lowest BCUT2D eigenvalue weighted by Crippen LogP contribution is -2.16. The molecule has 0 N–H and O–H groups in total. The molecule has 0 saturated carbocycles. The highest BCUT2D eigenvalue weighted by Crippen LogP contribution is 2.67. The van der Waals surface area contributed by atoms with E-state index in [0.717, 1.165) is 44.5 Å². The van der Waals surface area contributed by atoms with Gasteiger partial charge in [-0.15, -0.1) is 0 Å². The van der Waals surface area contributed by atoms with E-state index in [1.54, 1.807) is 0 Å². The zero-order valence-electron chi connectivity index (χ0n) is 26.7. The number of halogens is 8. The fraction of sp³-hybridized carbons (Fsp3) is 0.250.